The lowest BCUT2D eigenvalue weighted by atomic mass is 9.78. The average molecular weight is 426 g/mol. The normalized spacial score (nSPS) is 24.1. The molecule has 1 saturated carbocycles. The molecule has 2 aliphatic rings. The lowest BCUT2D eigenvalue weighted by molar-refractivity contribution is -0.155. The van der Waals surface area contributed by atoms with Crippen molar-refractivity contribution in [1.82, 2.24) is 0 Å². The molecule has 0 radical (unpaired) electrons. The Balaban J connectivity index is 1.29. The Morgan fingerprint density at radius 2 is 1.65 bits per heavy atom. The van der Waals surface area contributed by atoms with E-state index < -0.39 is 0 Å². The summed E-state index contributed by atoms with van der Waals surface area (Å²) in [6.07, 6.45) is 1.58. The van der Waals surface area contributed by atoms with Gasteiger partial charge in [0.2, 0.25) is 0 Å². The van der Waals surface area contributed by atoms with Gasteiger partial charge in [-0.05, 0) is 68.9 Å². The first kappa shape index (κ1) is 22.1. The number of hydrogen-bond donors (Lipinski definition) is 0. The fourth-order valence-corrected chi connectivity index (χ4v) is 3.89. The highest BCUT2D eigenvalue weighted by Gasteiger charge is 2.51. The van der Waals surface area contributed by atoms with Gasteiger partial charge in [-0.15, -0.1) is 0 Å². The van der Waals surface area contributed by atoms with E-state index in [0.29, 0.717) is 13.2 Å². The van der Waals surface area contributed by atoms with Crippen LogP contribution < -0.4 is 10.2 Å². The topological polar surface area (TPSA) is 63.2 Å². The molecule has 0 aromatic heterocycles. The highest BCUT2D eigenvalue weighted by atomic mass is 16.7. The molecular weight excluding hydrogens is 395 g/mol. The van der Waals surface area contributed by atoms with E-state index in [4.69, 9.17) is 23.5 Å². The average Bonchev–Trinajstić information content (AvgIpc) is 2.92. The summed E-state index contributed by atoms with van der Waals surface area (Å²) in [6, 6.07) is 12.3. The smallest absolute Gasteiger partial charge is 0.491 e. The summed E-state index contributed by atoms with van der Waals surface area (Å²) < 4.78 is 28.7. The molecule has 166 valence electrons. The summed E-state index contributed by atoms with van der Waals surface area (Å²) >= 11 is 0. The molecule has 0 bridgehead atoms. The van der Waals surface area contributed by atoms with Gasteiger partial charge in [0.15, 0.2) is 0 Å². The third-order valence-electron chi connectivity index (χ3n) is 6.70. The van der Waals surface area contributed by atoms with Gasteiger partial charge in [0.05, 0.1) is 36.9 Å². The maximum atomic E-state index is 11.4. The molecule has 7 heteroatoms. The molecule has 1 aliphatic heterocycles. The molecule has 0 atom stereocenters. The van der Waals surface area contributed by atoms with Gasteiger partial charge in [0.1, 0.15) is 12.4 Å². The highest BCUT2D eigenvalue weighted by molar-refractivity contribution is 6.62. The quantitative estimate of drug-likeness (QED) is 0.384. The van der Waals surface area contributed by atoms with E-state index >= 15 is 0 Å². The van der Waals surface area contributed by atoms with Crippen LogP contribution in [-0.2, 0) is 23.6 Å². The van der Waals surface area contributed by atoms with E-state index in [-0.39, 0.29) is 36.3 Å². The monoisotopic (exact) mass is 426 g/mol. The number of esters is 1. The van der Waals surface area contributed by atoms with Crippen LogP contribution in [0.15, 0.2) is 36.4 Å². The van der Waals surface area contributed by atoms with Gasteiger partial charge in [0, 0.05) is 0 Å². The maximum Gasteiger partial charge on any atom is 0.494 e. The van der Waals surface area contributed by atoms with Crippen LogP contribution in [0.4, 0.5) is 0 Å². The van der Waals surface area contributed by atoms with Crippen LogP contribution in [0.25, 0.3) is 10.8 Å². The van der Waals surface area contributed by atoms with Crippen molar-refractivity contribution in [3.05, 3.63) is 36.4 Å². The van der Waals surface area contributed by atoms with Crippen LogP contribution in [0.3, 0.4) is 0 Å². The largest absolute Gasteiger partial charge is 0.494 e. The molecular formula is C24H31BO6. The lowest BCUT2D eigenvalue weighted by Gasteiger charge is -2.32. The molecule has 0 N–H and O–H groups in total. The van der Waals surface area contributed by atoms with Crippen molar-refractivity contribution >= 4 is 29.3 Å². The van der Waals surface area contributed by atoms with E-state index in [1.54, 1.807) is 0 Å². The molecule has 2 fully saturated rings. The predicted molar refractivity (Wildman–Crippen MR) is 120 cm³/mol. The van der Waals surface area contributed by atoms with Gasteiger partial charge >= 0.3 is 13.1 Å². The molecule has 1 aliphatic carbocycles. The van der Waals surface area contributed by atoms with Crippen molar-refractivity contribution in [1.29, 1.82) is 0 Å². The molecule has 1 saturated heterocycles. The first-order chi connectivity index (χ1) is 14.7. The first-order valence-corrected chi connectivity index (χ1v) is 10.9. The van der Waals surface area contributed by atoms with Gasteiger partial charge in [-0.3, -0.25) is 4.79 Å². The Morgan fingerprint density at radius 3 is 2.32 bits per heavy atom. The van der Waals surface area contributed by atoms with E-state index in [2.05, 4.69) is 39.8 Å². The number of rotatable bonds is 7. The molecule has 2 aromatic carbocycles. The molecule has 6 nitrogen and oxygen atoms in total. The van der Waals surface area contributed by atoms with Gasteiger partial charge in [-0.25, -0.2) is 0 Å². The first-order valence-electron chi connectivity index (χ1n) is 10.9. The Kier molecular flexibility index (Phi) is 6.03. The van der Waals surface area contributed by atoms with Crippen molar-refractivity contribution in [2.75, 3.05) is 20.3 Å². The molecule has 4 rings (SSSR count). The summed E-state index contributed by atoms with van der Waals surface area (Å²) in [6.45, 7) is 9.20. The number of ether oxygens (including phenoxy) is 3. The van der Waals surface area contributed by atoms with Crippen molar-refractivity contribution in [3.63, 3.8) is 0 Å². The fraction of sp³-hybridized carbons (Fsp3) is 0.542. The van der Waals surface area contributed by atoms with Gasteiger partial charge < -0.3 is 23.5 Å². The van der Waals surface area contributed by atoms with Gasteiger partial charge in [0.25, 0.3) is 0 Å². The van der Waals surface area contributed by atoms with Gasteiger partial charge in [-0.1, -0.05) is 24.3 Å². The van der Waals surface area contributed by atoms with Crippen LogP contribution in [0.5, 0.6) is 5.75 Å². The number of carbonyl (C=O) groups excluding carboxylic acids is 1. The molecule has 0 unspecified atom stereocenters. The van der Waals surface area contributed by atoms with Crippen LogP contribution in [0.1, 0.15) is 40.5 Å². The van der Waals surface area contributed by atoms with E-state index in [9.17, 15) is 4.79 Å². The van der Waals surface area contributed by atoms with Crippen molar-refractivity contribution < 1.29 is 28.3 Å². The number of benzene rings is 2. The van der Waals surface area contributed by atoms with E-state index in [0.717, 1.165) is 34.8 Å². The summed E-state index contributed by atoms with van der Waals surface area (Å²) in [5.74, 6) is 0.646. The molecule has 31 heavy (non-hydrogen) atoms. The second-order valence-electron chi connectivity index (χ2n) is 9.39. The van der Waals surface area contributed by atoms with E-state index in [1.807, 2.05) is 24.3 Å². The summed E-state index contributed by atoms with van der Waals surface area (Å²) in [4.78, 5) is 11.4. The SMILES string of the molecule is COC(=O)C1CC(OCCOc2ccc3cc(B4OC(C)(C)C(C)(C)O4)ccc3c2)C1. The van der Waals surface area contributed by atoms with Crippen molar-refractivity contribution in [2.24, 2.45) is 5.92 Å². The van der Waals surface area contributed by atoms with Crippen LogP contribution >= 0.6 is 0 Å². The Hall–Kier alpha value is -2.09. The van der Waals surface area contributed by atoms with Crippen molar-refractivity contribution in [3.8, 4) is 5.75 Å². The van der Waals surface area contributed by atoms with Gasteiger partial charge in [-0.2, -0.15) is 0 Å². The van der Waals surface area contributed by atoms with Crippen LogP contribution in [0, 0.1) is 5.92 Å². The third kappa shape index (κ3) is 4.59. The lowest BCUT2D eigenvalue weighted by Crippen LogP contribution is -2.41. The minimum Gasteiger partial charge on any atom is -0.491 e. The number of methoxy groups -OCH3 is 1. The third-order valence-corrected chi connectivity index (χ3v) is 6.70. The molecule has 0 spiro atoms. The standard InChI is InChI=1S/C24H31BO6/c1-23(2)24(3,4)31-25(30-23)19-8-6-17-13-20(9-7-16(17)12-19)28-10-11-29-21-14-18(15-21)22(26)27-5/h6-9,12-13,18,21H,10-11,14-15H2,1-5H3. The second kappa shape index (κ2) is 8.45. The summed E-state index contributed by atoms with van der Waals surface area (Å²) in [5, 5.41) is 2.21. The molecule has 1 heterocycles. The Labute approximate surface area is 184 Å². The van der Waals surface area contributed by atoms with Crippen LogP contribution in [0.2, 0.25) is 0 Å². The zero-order chi connectivity index (χ0) is 22.2. The predicted octanol–water partition coefficient (Wildman–Crippen LogP) is 3.49. The Morgan fingerprint density at radius 1 is 1.00 bits per heavy atom. The zero-order valence-corrected chi connectivity index (χ0v) is 19.0. The zero-order valence-electron chi connectivity index (χ0n) is 19.0. The Bertz CT molecular complexity index is 934. The highest BCUT2D eigenvalue weighted by Crippen LogP contribution is 2.36. The number of carbonyl (C=O) groups is 1. The fourth-order valence-electron chi connectivity index (χ4n) is 3.89. The van der Waals surface area contributed by atoms with Crippen molar-refractivity contribution in [2.45, 2.75) is 57.8 Å². The summed E-state index contributed by atoms with van der Waals surface area (Å²) in [7, 11) is 1.06. The minimum atomic E-state index is -0.368. The van der Waals surface area contributed by atoms with E-state index in [1.165, 1.54) is 7.11 Å². The minimum absolute atomic E-state index is 0.0153. The summed E-state index contributed by atoms with van der Waals surface area (Å²) in [5.41, 5.74) is 0.303. The van der Waals surface area contributed by atoms with Crippen LogP contribution in [-0.4, -0.2) is 50.7 Å². The molecule has 0 amide bonds. The second-order valence-corrected chi connectivity index (χ2v) is 9.39. The number of fused-ring (bicyclic) bond motifs is 1. The number of hydrogen-bond acceptors (Lipinski definition) is 6. The maximum absolute atomic E-state index is 11.4. The molecule has 2 aromatic rings.